The molecule has 3 aromatic rings. The number of fused-ring (bicyclic) bond motifs is 3. The molecule has 0 saturated heterocycles. The summed E-state index contributed by atoms with van der Waals surface area (Å²) in [5.74, 6) is -2.27. The average Bonchev–Trinajstić information content (AvgIpc) is 3.39. The summed E-state index contributed by atoms with van der Waals surface area (Å²) < 4.78 is 16.8. The molecule has 1 aliphatic carbocycles. The molecule has 0 unspecified atom stereocenters. The maximum atomic E-state index is 15.0. The summed E-state index contributed by atoms with van der Waals surface area (Å²) in [6.07, 6.45) is 4.76. The number of benzene rings is 2. The van der Waals surface area contributed by atoms with Crippen molar-refractivity contribution >= 4 is 34.9 Å². The van der Waals surface area contributed by atoms with Crippen molar-refractivity contribution in [2.24, 2.45) is 0 Å². The molecule has 1 amide bonds. The first-order valence-corrected chi connectivity index (χ1v) is 10.4. The second-order valence-corrected chi connectivity index (χ2v) is 8.51. The number of halogens is 2. The Bertz CT molecular complexity index is 1250. The highest BCUT2D eigenvalue weighted by atomic mass is 35.5. The molecule has 1 spiro atoms. The Morgan fingerprint density at radius 2 is 2.10 bits per heavy atom. The summed E-state index contributed by atoms with van der Waals surface area (Å²) in [4.78, 5) is 26.9. The third-order valence-electron chi connectivity index (χ3n) is 6.20. The van der Waals surface area contributed by atoms with E-state index in [1.54, 1.807) is 34.0 Å². The van der Waals surface area contributed by atoms with Crippen LogP contribution in [0.25, 0.3) is 0 Å². The molecule has 158 valence electrons. The molecule has 31 heavy (non-hydrogen) atoms. The van der Waals surface area contributed by atoms with Gasteiger partial charge < -0.3 is 5.11 Å². The highest BCUT2D eigenvalue weighted by Crippen LogP contribution is 2.53. The molecule has 2 heterocycles. The fourth-order valence-corrected chi connectivity index (χ4v) is 4.99. The number of aromatic nitrogens is 2. The minimum atomic E-state index is -1.32. The molecule has 1 N–H and O–H groups in total. The fourth-order valence-electron chi connectivity index (χ4n) is 4.82. The Morgan fingerprint density at radius 3 is 2.84 bits per heavy atom. The van der Waals surface area contributed by atoms with Crippen molar-refractivity contribution < 1.29 is 19.1 Å². The zero-order valence-corrected chi connectivity index (χ0v) is 17.5. The van der Waals surface area contributed by atoms with Gasteiger partial charge in [0.1, 0.15) is 5.82 Å². The van der Waals surface area contributed by atoms with Gasteiger partial charge in [0.15, 0.2) is 0 Å². The summed E-state index contributed by atoms with van der Waals surface area (Å²) in [6, 6.07) is 8.16. The molecule has 2 aromatic carbocycles. The Morgan fingerprint density at radius 1 is 1.29 bits per heavy atom. The number of carbonyl (C=O) groups excluding carboxylic acids is 1. The second-order valence-electron chi connectivity index (χ2n) is 8.07. The predicted octanol–water partition coefficient (Wildman–Crippen LogP) is 4.50. The van der Waals surface area contributed by atoms with E-state index >= 15 is 0 Å². The molecule has 1 aromatic heterocycles. The third-order valence-corrected chi connectivity index (χ3v) is 6.44. The highest BCUT2D eigenvalue weighted by Gasteiger charge is 2.55. The molecule has 8 heteroatoms. The van der Waals surface area contributed by atoms with Crippen LogP contribution >= 0.6 is 11.6 Å². The first-order valence-electron chi connectivity index (χ1n) is 10.1. The van der Waals surface area contributed by atoms with Gasteiger partial charge in [-0.1, -0.05) is 30.7 Å². The number of rotatable bonds is 4. The van der Waals surface area contributed by atoms with Crippen LogP contribution in [0.5, 0.6) is 0 Å². The van der Waals surface area contributed by atoms with Gasteiger partial charge in [-0.2, -0.15) is 5.10 Å². The van der Waals surface area contributed by atoms with E-state index < -0.39 is 17.2 Å². The molecule has 0 fully saturated rings. The lowest BCUT2D eigenvalue weighted by molar-refractivity contribution is -0.122. The van der Waals surface area contributed by atoms with E-state index in [2.05, 4.69) is 5.10 Å². The first-order chi connectivity index (χ1) is 14.9. The van der Waals surface area contributed by atoms with Crippen molar-refractivity contribution in [1.82, 2.24) is 9.78 Å². The largest absolute Gasteiger partial charge is 0.478 e. The maximum absolute atomic E-state index is 15.0. The van der Waals surface area contributed by atoms with Gasteiger partial charge >= 0.3 is 5.97 Å². The summed E-state index contributed by atoms with van der Waals surface area (Å²) in [5, 5.41) is 14.1. The van der Waals surface area contributed by atoms with Crippen molar-refractivity contribution in [3.8, 4) is 0 Å². The highest BCUT2D eigenvalue weighted by molar-refractivity contribution is 6.31. The molecular weight excluding hydrogens is 421 g/mol. The number of anilines is 2. The quantitative estimate of drug-likeness (QED) is 0.649. The predicted molar refractivity (Wildman–Crippen MR) is 114 cm³/mol. The van der Waals surface area contributed by atoms with Crippen molar-refractivity contribution in [2.45, 2.75) is 38.1 Å². The standard InChI is InChI=1S/C23H19ClFN3O3/c1-2-7-27-12-15(11-26-27)28-19-8-14(24)4-6-18(19)23(22(28)31)9-13-3-5-16(21(29)30)20(25)17(13)10-23/h3-6,8,11-12H,2,7,9-10H2,1H3,(H,29,30)/t23-/m1/s1. The topological polar surface area (TPSA) is 75.4 Å². The van der Waals surface area contributed by atoms with Gasteiger partial charge in [-0.3, -0.25) is 14.4 Å². The number of amides is 1. The van der Waals surface area contributed by atoms with Gasteiger partial charge in [0, 0.05) is 17.8 Å². The lowest BCUT2D eigenvalue weighted by Gasteiger charge is -2.23. The average molecular weight is 440 g/mol. The number of aryl methyl sites for hydroxylation is 1. The summed E-state index contributed by atoms with van der Waals surface area (Å²) in [6.45, 7) is 2.77. The summed E-state index contributed by atoms with van der Waals surface area (Å²) in [5.41, 5.74) is 1.60. The molecule has 1 atom stereocenters. The van der Waals surface area contributed by atoms with E-state index in [-0.39, 0.29) is 23.5 Å². The molecular formula is C23H19ClFN3O3. The molecule has 0 saturated carbocycles. The van der Waals surface area contributed by atoms with Crippen LogP contribution in [0.15, 0.2) is 42.7 Å². The van der Waals surface area contributed by atoms with Crippen LogP contribution < -0.4 is 4.90 Å². The van der Waals surface area contributed by atoms with E-state index in [1.165, 1.54) is 6.07 Å². The number of aromatic carboxylic acids is 1. The van der Waals surface area contributed by atoms with Crippen LogP contribution in [0.4, 0.5) is 15.8 Å². The van der Waals surface area contributed by atoms with Gasteiger partial charge in [0.05, 0.1) is 28.6 Å². The van der Waals surface area contributed by atoms with Gasteiger partial charge in [-0.05, 0) is 54.2 Å². The number of carboxylic acids is 1. The second kappa shape index (κ2) is 6.92. The Balaban J connectivity index is 1.64. The van der Waals surface area contributed by atoms with Crippen molar-refractivity contribution in [1.29, 1.82) is 0 Å². The number of hydrogen-bond acceptors (Lipinski definition) is 3. The van der Waals surface area contributed by atoms with E-state index in [9.17, 15) is 19.1 Å². The van der Waals surface area contributed by atoms with Crippen molar-refractivity contribution in [3.05, 3.63) is 75.8 Å². The van der Waals surface area contributed by atoms with Gasteiger partial charge in [0.25, 0.3) is 0 Å². The van der Waals surface area contributed by atoms with E-state index in [0.29, 0.717) is 28.4 Å². The van der Waals surface area contributed by atoms with Gasteiger partial charge in [0.2, 0.25) is 5.91 Å². The fraction of sp³-hybridized carbons (Fsp3) is 0.261. The molecule has 1 aliphatic heterocycles. The first kappa shape index (κ1) is 19.8. The third kappa shape index (κ3) is 2.80. The Labute approximate surface area is 182 Å². The molecule has 0 radical (unpaired) electrons. The SMILES string of the molecule is CCCn1cc(N2C(=O)[C@@]3(Cc4ccc(C(=O)O)c(F)c4C3)c3ccc(Cl)cc32)cn1. The van der Waals surface area contributed by atoms with Crippen LogP contribution in [0.1, 0.15) is 40.4 Å². The molecule has 6 nitrogen and oxygen atoms in total. The number of nitrogens with zero attached hydrogens (tertiary/aromatic N) is 3. The Kier molecular flexibility index (Phi) is 4.41. The van der Waals surface area contributed by atoms with Gasteiger partial charge in [-0.25, -0.2) is 9.18 Å². The minimum absolute atomic E-state index is 0.0996. The molecule has 2 aliphatic rings. The number of hydrogen-bond donors (Lipinski definition) is 1. The maximum Gasteiger partial charge on any atom is 0.338 e. The summed E-state index contributed by atoms with van der Waals surface area (Å²) >= 11 is 6.26. The smallest absolute Gasteiger partial charge is 0.338 e. The van der Waals surface area contributed by atoms with Crippen LogP contribution in [-0.2, 0) is 29.6 Å². The van der Waals surface area contributed by atoms with Crippen LogP contribution in [0.3, 0.4) is 0 Å². The zero-order chi connectivity index (χ0) is 21.9. The Hall–Kier alpha value is -3.19. The van der Waals surface area contributed by atoms with Crippen LogP contribution in [-0.4, -0.2) is 26.8 Å². The number of carboxylic acid groups (broad SMARTS) is 1. The van der Waals surface area contributed by atoms with E-state index in [4.69, 9.17) is 11.6 Å². The van der Waals surface area contributed by atoms with E-state index in [0.717, 1.165) is 18.5 Å². The van der Waals surface area contributed by atoms with Gasteiger partial charge in [-0.15, -0.1) is 0 Å². The van der Waals surface area contributed by atoms with Crippen molar-refractivity contribution in [2.75, 3.05) is 4.90 Å². The van der Waals surface area contributed by atoms with Crippen LogP contribution in [0, 0.1) is 5.82 Å². The van der Waals surface area contributed by atoms with Crippen LogP contribution in [0.2, 0.25) is 5.02 Å². The summed E-state index contributed by atoms with van der Waals surface area (Å²) in [7, 11) is 0. The van der Waals surface area contributed by atoms with E-state index in [1.807, 2.05) is 19.2 Å². The minimum Gasteiger partial charge on any atom is -0.478 e. The number of carbonyl (C=O) groups is 2. The van der Waals surface area contributed by atoms with Crippen molar-refractivity contribution in [3.63, 3.8) is 0 Å². The normalized spacial score (nSPS) is 19.2. The molecule has 5 rings (SSSR count). The lowest BCUT2D eigenvalue weighted by atomic mass is 9.79. The molecule has 0 bridgehead atoms. The zero-order valence-electron chi connectivity index (χ0n) is 16.7. The lowest BCUT2D eigenvalue weighted by Crippen LogP contribution is -2.39. The monoisotopic (exact) mass is 439 g/mol.